The Kier molecular flexibility index (Phi) is 3.67. The van der Waals surface area contributed by atoms with Gasteiger partial charge in [0, 0.05) is 30.2 Å². The van der Waals surface area contributed by atoms with Gasteiger partial charge in [-0.05, 0) is 0 Å². The molecule has 1 N–H and O–H groups in total. The summed E-state index contributed by atoms with van der Waals surface area (Å²) < 4.78 is 13.5. The van der Waals surface area contributed by atoms with E-state index < -0.39 is 6.10 Å². The molecule has 0 amide bonds. The molecule has 2 aliphatic heterocycles. The summed E-state index contributed by atoms with van der Waals surface area (Å²) in [5.74, 6) is 1.59. The summed E-state index contributed by atoms with van der Waals surface area (Å²) in [6, 6.07) is -0.00746. The van der Waals surface area contributed by atoms with Crippen LogP contribution >= 0.6 is 0 Å². The van der Waals surface area contributed by atoms with Gasteiger partial charge in [0.1, 0.15) is 30.0 Å². The molecule has 24 heavy (non-hydrogen) atoms. The normalized spacial score (nSPS) is 29.8. The number of hydrogen-bond acceptors (Lipinski definition) is 6. The van der Waals surface area contributed by atoms with E-state index in [0.717, 1.165) is 17.2 Å². The van der Waals surface area contributed by atoms with Gasteiger partial charge in [-0.15, -0.1) is 0 Å². The number of rotatable bonds is 2. The fourth-order valence-electron chi connectivity index (χ4n) is 3.33. The maximum Gasteiger partial charge on any atom is 0.143 e. The van der Waals surface area contributed by atoms with Crippen LogP contribution in [-0.2, 0) is 14.9 Å². The van der Waals surface area contributed by atoms with Gasteiger partial charge >= 0.3 is 0 Å². The summed E-state index contributed by atoms with van der Waals surface area (Å²) in [5.41, 5.74) is 0.767. The number of aliphatic hydroxyl groups excluding tert-OH is 1. The van der Waals surface area contributed by atoms with Crippen LogP contribution in [0.5, 0.6) is 0 Å². The first kappa shape index (κ1) is 15.7. The second-order valence-corrected chi connectivity index (χ2v) is 7.43. The van der Waals surface area contributed by atoms with Crippen LogP contribution < -0.4 is 0 Å². The van der Waals surface area contributed by atoms with E-state index in [1.54, 1.807) is 6.20 Å². The molecule has 7 heteroatoms. The lowest BCUT2D eigenvalue weighted by molar-refractivity contribution is 0.0172. The Morgan fingerprint density at radius 3 is 2.50 bits per heavy atom. The molecule has 2 aliphatic rings. The van der Waals surface area contributed by atoms with Gasteiger partial charge in [-0.3, -0.25) is 0 Å². The highest BCUT2D eigenvalue weighted by Gasteiger charge is 2.48. The van der Waals surface area contributed by atoms with Gasteiger partial charge in [0.05, 0.1) is 24.8 Å². The zero-order valence-corrected chi connectivity index (χ0v) is 14.1. The molecule has 7 nitrogen and oxygen atoms in total. The third-order valence-corrected chi connectivity index (χ3v) is 4.61. The average Bonchev–Trinajstić information content (AvgIpc) is 3.24. The highest BCUT2D eigenvalue weighted by molar-refractivity contribution is 5.53. The van der Waals surface area contributed by atoms with Crippen molar-refractivity contribution >= 4 is 0 Å². The van der Waals surface area contributed by atoms with E-state index in [4.69, 9.17) is 9.47 Å². The third-order valence-electron chi connectivity index (χ3n) is 4.61. The summed E-state index contributed by atoms with van der Waals surface area (Å²) in [6.45, 7) is 7.07. The zero-order chi connectivity index (χ0) is 16.9. The maximum absolute atomic E-state index is 9.91. The molecule has 4 atom stereocenters. The van der Waals surface area contributed by atoms with Crippen LogP contribution in [0.3, 0.4) is 0 Å². The number of nitrogens with zero attached hydrogens (tertiary/aromatic N) is 4. The van der Waals surface area contributed by atoms with Crippen molar-refractivity contribution in [3.8, 4) is 11.4 Å². The van der Waals surface area contributed by atoms with Crippen LogP contribution in [0.4, 0.5) is 0 Å². The molecule has 2 aromatic rings. The number of fused-ring (bicyclic) bond motifs is 1. The standard InChI is InChI=1S/C17H22N4O3/c1-17(2,3)16-19-6-10(7-20-16)15-18-4-5-21(15)11-8-23-14-12(22)9-24-13(11)14/h4-7,11-14,22H,8-9H2,1-3H3/t11-,12+,13+,14+/m0/s1. The highest BCUT2D eigenvalue weighted by atomic mass is 16.6. The van der Waals surface area contributed by atoms with Crippen LogP contribution in [0.1, 0.15) is 32.6 Å². The van der Waals surface area contributed by atoms with Crippen molar-refractivity contribution in [2.24, 2.45) is 0 Å². The Labute approximate surface area is 140 Å². The van der Waals surface area contributed by atoms with E-state index >= 15 is 0 Å². The van der Waals surface area contributed by atoms with E-state index in [9.17, 15) is 5.11 Å². The van der Waals surface area contributed by atoms with Gasteiger partial charge in [-0.25, -0.2) is 15.0 Å². The molecule has 0 saturated carbocycles. The molecule has 0 spiro atoms. The van der Waals surface area contributed by atoms with Crippen LogP contribution in [0, 0.1) is 0 Å². The molecule has 0 unspecified atom stereocenters. The molecular formula is C17H22N4O3. The van der Waals surface area contributed by atoms with Crippen molar-refractivity contribution in [1.82, 2.24) is 19.5 Å². The topological polar surface area (TPSA) is 82.3 Å². The van der Waals surface area contributed by atoms with Gasteiger partial charge in [0.25, 0.3) is 0 Å². The van der Waals surface area contributed by atoms with E-state index in [-0.39, 0.29) is 23.7 Å². The molecule has 2 saturated heterocycles. The van der Waals surface area contributed by atoms with Gasteiger partial charge in [-0.1, -0.05) is 20.8 Å². The Bertz CT molecular complexity index is 722. The van der Waals surface area contributed by atoms with Crippen molar-refractivity contribution in [3.05, 3.63) is 30.6 Å². The smallest absolute Gasteiger partial charge is 0.143 e. The fraction of sp³-hybridized carbons (Fsp3) is 0.588. The number of aliphatic hydroxyl groups is 1. The molecule has 0 aromatic carbocycles. The average molecular weight is 330 g/mol. The minimum absolute atomic E-state index is 0.00746. The Balaban J connectivity index is 1.64. The lowest BCUT2D eigenvalue weighted by atomic mass is 9.96. The number of ether oxygens (including phenoxy) is 2. The van der Waals surface area contributed by atoms with E-state index in [1.807, 2.05) is 23.2 Å². The van der Waals surface area contributed by atoms with Gasteiger partial charge in [0.2, 0.25) is 0 Å². The molecule has 2 aromatic heterocycles. The summed E-state index contributed by atoms with van der Waals surface area (Å²) in [6.07, 6.45) is 6.32. The third kappa shape index (κ3) is 2.53. The summed E-state index contributed by atoms with van der Waals surface area (Å²) in [4.78, 5) is 13.4. The molecule has 0 bridgehead atoms. The van der Waals surface area contributed by atoms with E-state index in [1.165, 1.54) is 0 Å². The molecule has 2 fully saturated rings. The van der Waals surface area contributed by atoms with Crippen molar-refractivity contribution in [3.63, 3.8) is 0 Å². The molecule has 0 aliphatic carbocycles. The maximum atomic E-state index is 9.91. The Morgan fingerprint density at radius 1 is 1.08 bits per heavy atom. The second kappa shape index (κ2) is 5.61. The monoisotopic (exact) mass is 330 g/mol. The SMILES string of the molecule is CC(C)(C)c1ncc(-c2nccn2[C@H]2CO[C@H]3[C@@H]2OC[C@H]3O)cn1. The highest BCUT2D eigenvalue weighted by Crippen LogP contribution is 2.36. The zero-order valence-electron chi connectivity index (χ0n) is 14.1. The van der Waals surface area contributed by atoms with Crippen molar-refractivity contribution < 1.29 is 14.6 Å². The van der Waals surface area contributed by atoms with Crippen LogP contribution in [0.15, 0.2) is 24.8 Å². The molecule has 128 valence electrons. The Morgan fingerprint density at radius 2 is 1.79 bits per heavy atom. The quantitative estimate of drug-likeness (QED) is 0.895. The molecular weight excluding hydrogens is 308 g/mol. The summed E-state index contributed by atoms with van der Waals surface area (Å²) in [7, 11) is 0. The lowest BCUT2D eigenvalue weighted by Crippen LogP contribution is -2.30. The number of hydrogen-bond donors (Lipinski definition) is 1. The predicted molar refractivity (Wildman–Crippen MR) is 86.5 cm³/mol. The molecule has 0 radical (unpaired) electrons. The minimum Gasteiger partial charge on any atom is -0.388 e. The van der Waals surface area contributed by atoms with Crippen LogP contribution in [0.25, 0.3) is 11.4 Å². The molecule has 4 rings (SSSR count). The first-order valence-corrected chi connectivity index (χ1v) is 8.22. The largest absolute Gasteiger partial charge is 0.388 e. The number of imidazole rings is 1. The van der Waals surface area contributed by atoms with Crippen molar-refractivity contribution in [2.75, 3.05) is 13.2 Å². The minimum atomic E-state index is -0.554. The van der Waals surface area contributed by atoms with Gasteiger partial charge in [0.15, 0.2) is 0 Å². The van der Waals surface area contributed by atoms with Crippen LogP contribution in [-0.4, -0.2) is 56.2 Å². The summed E-state index contributed by atoms with van der Waals surface area (Å²) in [5, 5.41) is 9.91. The first-order valence-electron chi connectivity index (χ1n) is 8.22. The Hall–Kier alpha value is -1.83. The first-order chi connectivity index (χ1) is 11.4. The van der Waals surface area contributed by atoms with E-state index in [0.29, 0.717) is 13.2 Å². The van der Waals surface area contributed by atoms with E-state index in [2.05, 4.69) is 35.7 Å². The van der Waals surface area contributed by atoms with Gasteiger partial charge < -0.3 is 19.1 Å². The fourth-order valence-corrected chi connectivity index (χ4v) is 3.33. The van der Waals surface area contributed by atoms with Crippen molar-refractivity contribution in [2.45, 2.75) is 50.5 Å². The lowest BCUT2D eigenvalue weighted by Gasteiger charge is -2.20. The molecule has 4 heterocycles. The van der Waals surface area contributed by atoms with Crippen LogP contribution in [0.2, 0.25) is 0 Å². The van der Waals surface area contributed by atoms with Crippen molar-refractivity contribution in [1.29, 1.82) is 0 Å². The summed E-state index contributed by atoms with van der Waals surface area (Å²) >= 11 is 0. The second-order valence-electron chi connectivity index (χ2n) is 7.43. The number of aromatic nitrogens is 4. The predicted octanol–water partition coefficient (Wildman–Crippen LogP) is 1.34. The van der Waals surface area contributed by atoms with Gasteiger partial charge in [-0.2, -0.15) is 0 Å².